The Balaban J connectivity index is 1.89. The maximum Gasteiger partial charge on any atom is 0.337 e. The average Bonchev–Trinajstić information content (AvgIpc) is 2.82. The first-order valence-electron chi connectivity index (χ1n) is 10.8. The van der Waals surface area contributed by atoms with E-state index in [0.717, 1.165) is 5.56 Å². The second-order valence-electron chi connectivity index (χ2n) is 7.65. The van der Waals surface area contributed by atoms with Gasteiger partial charge in [-0.15, -0.1) is 0 Å². The van der Waals surface area contributed by atoms with Crippen LogP contribution in [0, 0.1) is 17.1 Å². The van der Waals surface area contributed by atoms with Gasteiger partial charge in [-0.2, -0.15) is 5.26 Å². The van der Waals surface area contributed by atoms with E-state index >= 15 is 0 Å². The molecule has 0 radical (unpaired) electrons. The molecule has 1 aliphatic rings. The molecule has 0 saturated heterocycles. The van der Waals surface area contributed by atoms with Crippen LogP contribution >= 0.6 is 0 Å². The summed E-state index contributed by atoms with van der Waals surface area (Å²) in [5, 5.41) is 11.8. The molecule has 0 spiro atoms. The Kier molecular flexibility index (Phi) is 8.36. The van der Waals surface area contributed by atoms with Gasteiger partial charge in [-0.1, -0.05) is 48.5 Å². The molecule has 1 unspecified atom stereocenters. The second kappa shape index (κ2) is 11.6. The quantitative estimate of drug-likeness (QED) is 0.451. The maximum absolute atomic E-state index is 14.1. The van der Waals surface area contributed by atoms with Gasteiger partial charge in [0.25, 0.3) is 0 Å². The first-order chi connectivity index (χ1) is 16.4. The molecule has 0 saturated carbocycles. The van der Waals surface area contributed by atoms with E-state index in [-0.39, 0.29) is 30.8 Å². The summed E-state index contributed by atoms with van der Waals surface area (Å²) in [5.41, 5.74) is 2.72. The fourth-order valence-electron chi connectivity index (χ4n) is 3.77. The molecule has 1 heterocycles. The van der Waals surface area contributed by atoms with Crippen molar-refractivity contribution in [1.82, 2.24) is 5.32 Å². The van der Waals surface area contributed by atoms with Crippen molar-refractivity contribution in [3.63, 3.8) is 0 Å². The molecule has 1 atom stereocenters. The summed E-state index contributed by atoms with van der Waals surface area (Å²) in [6.45, 7) is 3.31. The van der Waals surface area contributed by atoms with Crippen LogP contribution in [0.2, 0.25) is 0 Å². The highest BCUT2D eigenvalue weighted by molar-refractivity contribution is 5.99. The summed E-state index contributed by atoms with van der Waals surface area (Å²) in [4.78, 5) is 26.1. The number of esters is 2. The second-order valence-corrected chi connectivity index (χ2v) is 7.65. The number of nitriles is 1. The first kappa shape index (κ1) is 24.5. The van der Waals surface area contributed by atoms with Gasteiger partial charge in [-0.05, 0) is 43.2 Å². The van der Waals surface area contributed by atoms with Gasteiger partial charge in [0, 0.05) is 11.4 Å². The number of benzene rings is 2. The van der Waals surface area contributed by atoms with Crippen molar-refractivity contribution in [2.45, 2.75) is 26.2 Å². The number of nitrogens with one attached hydrogen (secondary N) is 1. The summed E-state index contributed by atoms with van der Waals surface area (Å²) in [5.74, 6) is -2.71. The van der Waals surface area contributed by atoms with Crippen molar-refractivity contribution < 1.29 is 23.5 Å². The maximum atomic E-state index is 14.1. The standard InChI is InChI=1S/C27H25FN2O4/c1-18-23(26(31)33-15-7-11-20-9-4-3-5-10-20)25(21-12-6-13-22(28)17-21)24(19(2)30-18)27(32)34-16-8-14-29/h3-7,9-13,17,25,30H,8,15-16H2,1-2H3/b11-7+. The van der Waals surface area contributed by atoms with Crippen LogP contribution in [0.3, 0.4) is 0 Å². The predicted octanol–water partition coefficient (Wildman–Crippen LogP) is 4.77. The molecule has 6 nitrogen and oxygen atoms in total. The Bertz CT molecular complexity index is 1190. The molecular weight excluding hydrogens is 435 g/mol. The van der Waals surface area contributed by atoms with E-state index in [1.807, 2.05) is 42.5 Å². The molecule has 7 heteroatoms. The third-order valence-electron chi connectivity index (χ3n) is 5.25. The molecule has 0 bridgehead atoms. The van der Waals surface area contributed by atoms with Crippen LogP contribution < -0.4 is 5.32 Å². The highest BCUT2D eigenvalue weighted by Gasteiger charge is 2.38. The number of dihydropyridines is 1. The molecule has 34 heavy (non-hydrogen) atoms. The third-order valence-corrected chi connectivity index (χ3v) is 5.25. The third kappa shape index (κ3) is 5.99. The number of hydrogen-bond donors (Lipinski definition) is 1. The van der Waals surface area contributed by atoms with Crippen molar-refractivity contribution >= 4 is 18.0 Å². The van der Waals surface area contributed by atoms with E-state index in [0.29, 0.717) is 17.0 Å². The van der Waals surface area contributed by atoms with E-state index in [4.69, 9.17) is 14.7 Å². The topological polar surface area (TPSA) is 88.4 Å². The zero-order valence-electron chi connectivity index (χ0n) is 19.0. The SMILES string of the molecule is CC1=C(C(=O)OC/C=C/c2ccccc2)C(c2cccc(F)c2)C(C(=O)OCCC#N)=C(C)N1. The number of rotatable bonds is 8. The number of carbonyl (C=O) groups excluding carboxylic acids is 2. The zero-order chi connectivity index (χ0) is 24.5. The first-order valence-corrected chi connectivity index (χ1v) is 10.8. The van der Waals surface area contributed by atoms with E-state index in [9.17, 15) is 14.0 Å². The van der Waals surface area contributed by atoms with Gasteiger partial charge in [0.2, 0.25) is 0 Å². The fourth-order valence-corrected chi connectivity index (χ4v) is 3.77. The Morgan fingerprint density at radius 3 is 2.35 bits per heavy atom. The molecular formula is C27H25FN2O4. The highest BCUT2D eigenvalue weighted by atomic mass is 19.1. The molecule has 174 valence electrons. The van der Waals surface area contributed by atoms with Gasteiger partial charge in [-0.25, -0.2) is 14.0 Å². The molecule has 0 aliphatic carbocycles. The Labute approximate surface area is 198 Å². The summed E-state index contributed by atoms with van der Waals surface area (Å²) < 4.78 is 24.8. The smallest absolute Gasteiger partial charge is 0.337 e. The lowest BCUT2D eigenvalue weighted by Crippen LogP contribution is -2.32. The number of allylic oxidation sites excluding steroid dienone is 2. The Morgan fingerprint density at radius 1 is 1.03 bits per heavy atom. The largest absolute Gasteiger partial charge is 0.461 e. The average molecular weight is 461 g/mol. The number of nitrogens with zero attached hydrogens (tertiary/aromatic N) is 1. The lowest BCUT2D eigenvalue weighted by molar-refractivity contribution is -0.139. The van der Waals surface area contributed by atoms with Crippen molar-refractivity contribution in [3.8, 4) is 6.07 Å². The minimum Gasteiger partial charge on any atom is -0.461 e. The van der Waals surface area contributed by atoms with Gasteiger partial charge in [-0.3, -0.25) is 0 Å². The van der Waals surface area contributed by atoms with Crippen LogP contribution in [-0.4, -0.2) is 25.2 Å². The van der Waals surface area contributed by atoms with Crippen LogP contribution in [0.1, 0.15) is 37.3 Å². The molecule has 1 N–H and O–H groups in total. The van der Waals surface area contributed by atoms with Gasteiger partial charge < -0.3 is 14.8 Å². The van der Waals surface area contributed by atoms with Crippen molar-refractivity contribution in [2.24, 2.45) is 0 Å². The van der Waals surface area contributed by atoms with Crippen molar-refractivity contribution in [3.05, 3.63) is 100 Å². The minimum atomic E-state index is -0.892. The molecule has 1 aliphatic heterocycles. The summed E-state index contributed by atoms with van der Waals surface area (Å²) in [7, 11) is 0. The van der Waals surface area contributed by atoms with Gasteiger partial charge in [0.1, 0.15) is 19.0 Å². The summed E-state index contributed by atoms with van der Waals surface area (Å²) in [6.07, 6.45) is 3.59. The van der Waals surface area contributed by atoms with Crippen LogP contribution in [0.25, 0.3) is 6.08 Å². The van der Waals surface area contributed by atoms with Crippen molar-refractivity contribution in [2.75, 3.05) is 13.2 Å². The van der Waals surface area contributed by atoms with Crippen LogP contribution in [0.4, 0.5) is 4.39 Å². The highest BCUT2D eigenvalue weighted by Crippen LogP contribution is 2.39. The van der Waals surface area contributed by atoms with Gasteiger partial charge in [0.05, 0.1) is 29.6 Å². The minimum absolute atomic E-state index is 0.0189. The van der Waals surface area contributed by atoms with Crippen molar-refractivity contribution in [1.29, 1.82) is 5.26 Å². The predicted molar refractivity (Wildman–Crippen MR) is 125 cm³/mol. The lowest BCUT2D eigenvalue weighted by Gasteiger charge is -2.30. The number of halogens is 1. The van der Waals surface area contributed by atoms with Crippen LogP contribution in [-0.2, 0) is 19.1 Å². The number of ether oxygens (including phenoxy) is 2. The fraction of sp³-hybridized carbons (Fsp3) is 0.222. The zero-order valence-corrected chi connectivity index (χ0v) is 19.0. The van der Waals surface area contributed by atoms with Crippen LogP contribution in [0.15, 0.2) is 83.2 Å². The Hall–Kier alpha value is -4.18. The molecule has 2 aromatic rings. The van der Waals surface area contributed by atoms with Crippen LogP contribution in [0.5, 0.6) is 0 Å². The Morgan fingerprint density at radius 2 is 1.71 bits per heavy atom. The van der Waals surface area contributed by atoms with Gasteiger partial charge in [0.15, 0.2) is 0 Å². The molecule has 0 amide bonds. The van der Waals surface area contributed by atoms with E-state index in [1.54, 1.807) is 26.0 Å². The van der Waals surface area contributed by atoms with E-state index in [2.05, 4.69) is 5.32 Å². The van der Waals surface area contributed by atoms with E-state index < -0.39 is 23.7 Å². The van der Waals surface area contributed by atoms with Gasteiger partial charge >= 0.3 is 11.9 Å². The lowest BCUT2D eigenvalue weighted by atomic mass is 9.80. The summed E-state index contributed by atoms with van der Waals surface area (Å²) in [6, 6.07) is 17.2. The summed E-state index contributed by atoms with van der Waals surface area (Å²) >= 11 is 0. The monoisotopic (exact) mass is 460 g/mol. The molecule has 0 aromatic heterocycles. The van der Waals surface area contributed by atoms with E-state index in [1.165, 1.54) is 18.2 Å². The normalized spacial score (nSPS) is 15.6. The number of carbonyl (C=O) groups is 2. The number of hydrogen-bond acceptors (Lipinski definition) is 6. The molecule has 2 aromatic carbocycles. The molecule has 3 rings (SSSR count). The molecule has 0 fully saturated rings.